The summed E-state index contributed by atoms with van der Waals surface area (Å²) in [6, 6.07) is 8.74. The van der Waals surface area contributed by atoms with Gasteiger partial charge in [0.2, 0.25) is 0 Å². The molecule has 0 spiro atoms. The van der Waals surface area contributed by atoms with Gasteiger partial charge in [-0.15, -0.1) is 0 Å². The highest BCUT2D eigenvalue weighted by molar-refractivity contribution is 6.30. The number of hydrogen-bond acceptors (Lipinski definition) is 5. The largest absolute Gasteiger partial charge is 0.497 e. The van der Waals surface area contributed by atoms with Crippen LogP contribution in [0.25, 0.3) is 0 Å². The van der Waals surface area contributed by atoms with Crippen LogP contribution in [0.1, 0.15) is 28.8 Å². The van der Waals surface area contributed by atoms with E-state index < -0.39 is 52.6 Å². The molecule has 0 saturated carbocycles. The van der Waals surface area contributed by atoms with Crippen LogP contribution in [0.5, 0.6) is 5.75 Å². The van der Waals surface area contributed by atoms with Crippen molar-refractivity contribution in [1.82, 2.24) is 9.88 Å². The molecule has 0 bridgehead atoms. The number of methoxy groups -OCH3 is 2. The van der Waals surface area contributed by atoms with Gasteiger partial charge in [-0.2, -0.15) is 0 Å². The van der Waals surface area contributed by atoms with Crippen molar-refractivity contribution >= 4 is 29.1 Å². The first-order valence-electron chi connectivity index (χ1n) is 11.8. The van der Waals surface area contributed by atoms with Crippen molar-refractivity contribution in [2.75, 3.05) is 25.7 Å². The molecule has 8 nitrogen and oxygen atoms in total. The van der Waals surface area contributed by atoms with Crippen molar-refractivity contribution in [3.05, 3.63) is 92.9 Å². The van der Waals surface area contributed by atoms with Gasteiger partial charge in [0.05, 0.1) is 13.7 Å². The fourth-order valence-corrected chi connectivity index (χ4v) is 4.86. The first kappa shape index (κ1) is 27.3. The van der Waals surface area contributed by atoms with Crippen LogP contribution < -0.4 is 20.5 Å². The van der Waals surface area contributed by atoms with E-state index in [1.807, 2.05) is 0 Å². The molecule has 2 heterocycles. The molecule has 3 aromatic rings. The lowest BCUT2D eigenvalue weighted by atomic mass is 9.87. The van der Waals surface area contributed by atoms with Crippen molar-refractivity contribution < 1.29 is 27.8 Å². The number of amides is 2. The Hall–Kier alpha value is -3.76. The zero-order chi connectivity index (χ0) is 27.6. The number of carbonyl (C=O) groups is 2. The van der Waals surface area contributed by atoms with Crippen LogP contribution in [0, 0.1) is 11.6 Å². The van der Waals surface area contributed by atoms with Crippen LogP contribution in [-0.4, -0.2) is 49.3 Å². The molecule has 4 rings (SSSR count). The van der Waals surface area contributed by atoms with E-state index in [1.165, 1.54) is 54.0 Å². The molecular weight excluding hydrogens is 520 g/mol. The van der Waals surface area contributed by atoms with Gasteiger partial charge >= 0.3 is 0 Å². The van der Waals surface area contributed by atoms with Crippen LogP contribution in [-0.2, 0) is 16.1 Å². The molecule has 1 fully saturated rings. The monoisotopic (exact) mass is 545 g/mol. The number of rotatable bonds is 8. The minimum atomic E-state index is -1.38. The Morgan fingerprint density at radius 3 is 2.34 bits per heavy atom. The van der Waals surface area contributed by atoms with Gasteiger partial charge in [0.15, 0.2) is 0 Å². The maximum absolute atomic E-state index is 15.3. The lowest BCUT2D eigenvalue weighted by Gasteiger charge is -2.26. The summed E-state index contributed by atoms with van der Waals surface area (Å²) >= 11 is 5.91. The molecule has 2 aromatic carbocycles. The van der Waals surface area contributed by atoms with E-state index in [9.17, 15) is 14.4 Å². The molecule has 1 aliphatic heterocycles. The molecule has 1 aliphatic rings. The Labute approximate surface area is 222 Å². The second kappa shape index (κ2) is 11.3. The quantitative estimate of drug-likeness (QED) is 0.466. The molecular formula is C27H26ClF2N3O5. The van der Waals surface area contributed by atoms with Crippen molar-refractivity contribution in [3.8, 4) is 5.75 Å². The van der Waals surface area contributed by atoms with Gasteiger partial charge in [0.25, 0.3) is 17.4 Å². The first-order chi connectivity index (χ1) is 18.2. The van der Waals surface area contributed by atoms with Crippen LogP contribution in [0.4, 0.5) is 14.5 Å². The van der Waals surface area contributed by atoms with Gasteiger partial charge in [-0.05, 0) is 43.3 Å². The topological polar surface area (TPSA) is 89.9 Å². The third-order valence-electron chi connectivity index (χ3n) is 6.60. The fraction of sp³-hybridized carbons (Fsp3) is 0.296. The normalized spacial score (nSPS) is 19.1. The van der Waals surface area contributed by atoms with E-state index >= 15 is 8.78 Å². The maximum Gasteiger partial charge on any atom is 0.274 e. The number of nitrogens with one attached hydrogen (secondary N) is 1. The zero-order valence-corrected chi connectivity index (χ0v) is 21.7. The molecule has 1 aromatic heterocycles. The molecule has 3 atom stereocenters. The first-order valence-corrected chi connectivity index (χ1v) is 12.2. The smallest absolute Gasteiger partial charge is 0.274 e. The van der Waals surface area contributed by atoms with E-state index in [0.29, 0.717) is 5.02 Å². The summed E-state index contributed by atoms with van der Waals surface area (Å²) in [6.45, 7) is 2.07. The number of carbonyl (C=O) groups excluding carboxylic acids is 2. The fourth-order valence-electron chi connectivity index (χ4n) is 4.74. The zero-order valence-electron chi connectivity index (χ0n) is 20.9. The SMILES string of the molecule is COCCn1cccc(N2C(=O)C(NC(=O)c3ccc(Cl)cc3)[C@H](c3c(F)cc(OC)cc3F)[C@H]2C)c1=O. The maximum atomic E-state index is 15.3. The summed E-state index contributed by atoms with van der Waals surface area (Å²) in [4.78, 5) is 41.3. The number of aromatic nitrogens is 1. The Morgan fingerprint density at radius 2 is 1.74 bits per heavy atom. The van der Waals surface area contributed by atoms with Crippen molar-refractivity contribution in [2.45, 2.75) is 31.5 Å². The molecule has 11 heteroatoms. The third-order valence-corrected chi connectivity index (χ3v) is 6.85. The van der Waals surface area contributed by atoms with Crippen LogP contribution >= 0.6 is 11.6 Å². The van der Waals surface area contributed by atoms with E-state index in [-0.39, 0.29) is 30.2 Å². The number of hydrogen-bond donors (Lipinski definition) is 1. The Kier molecular flexibility index (Phi) is 8.13. The number of nitrogens with zero attached hydrogens (tertiary/aromatic N) is 2. The average Bonchev–Trinajstić information content (AvgIpc) is 3.12. The summed E-state index contributed by atoms with van der Waals surface area (Å²) in [7, 11) is 2.77. The van der Waals surface area contributed by atoms with Crippen LogP contribution in [0.2, 0.25) is 5.02 Å². The predicted molar refractivity (Wildman–Crippen MR) is 138 cm³/mol. The van der Waals surface area contributed by atoms with Gasteiger partial charge in [0, 0.05) is 60.1 Å². The summed E-state index contributed by atoms with van der Waals surface area (Å²) in [6.07, 6.45) is 1.55. The molecule has 1 saturated heterocycles. The highest BCUT2D eigenvalue weighted by Crippen LogP contribution is 2.40. The summed E-state index contributed by atoms with van der Waals surface area (Å²) in [5, 5.41) is 3.04. The van der Waals surface area contributed by atoms with Gasteiger partial charge in [0.1, 0.15) is 29.1 Å². The Bertz CT molecular complexity index is 1390. The minimum Gasteiger partial charge on any atom is -0.497 e. The lowest BCUT2D eigenvalue weighted by Crippen LogP contribution is -2.44. The van der Waals surface area contributed by atoms with Crippen LogP contribution in [0.15, 0.2) is 59.5 Å². The van der Waals surface area contributed by atoms with E-state index in [2.05, 4.69) is 5.32 Å². The van der Waals surface area contributed by atoms with Crippen LogP contribution in [0.3, 0.4) is 0 Å². The highest BCUT2D eigenvalue weighted by atomic mass is 35.5. The molecule has 38 heavy (non-hydrogen) atoms. The number of pyridine rings is 1. The molecule has 1 unspecified atom stereocenters. The third kappa shape index (κ3) is 5.14. The standard InChI is InChI=1S/C27H26ClF2N3O5/c1-15-22(23-19(29)13-18(38-3)14-20(23)30)24(31-25(34)16-6-8-17(28)9-7-16)27(36)33(15)21-5-4-10-32(26(21)35)11-12-37-2/h4-10,13-15,22,24H,11-12H2,1-3H3,(H,31,34)/t15-,22+,24?/m1/s1. The predicted octanol–water partition coefficient (Wildman–Crippen LogP) is 3.75. The average molecular weight is 546 g/mol. The van der Waals surface area contributed by atoms with Gasteiger partial charge in [-0.1, -0.05) is 11.6 Å². The van der Waals surface area contributed by atoms with Crippen molar-refractivity contribution in [1.29, 1.82) is 0 Å². The van der Waals surface area contributed by atoms with Crippen molar-refractivity contribution in [2.24, 2.45) is 0 Å². The van der Waals surface area contributed by atoms with Gasteiger partial charge in [-0.3, -0.25) is 14.4 Å². The molecule has 0 radical (unpaired) electrons. The van der Waals surface area contributed by atoms with Gasteiger partial charge in [-0.25, -0.2) is 8.78 Å². The summed E-state index contributed by atoms with van der Waals surface area (Å²) in [5.74, 6) is -4.41. The van der Waals surface area contributed by atoms with E-state index in [0.717, 1.165) is 12.1 Å². The van der Waals surface area contributed by atoms with Gasteiger partial charge < -0.3 is 24.3 Å². The minimum absolute atomic E-state index is 0.0173. The number of ether oxygens (including phenoxy) is 2. The number of halogens is 3. The Balaban J connectivity index is 1.81. The highest BCUT2D eigenvalue weighted by Gasteiger charge is 2.50. The number of anilines is 1. The lowest BCUT2D eigenvalue weighted by molar-refractivity contribution is -0.118. The Morgan fingerprint density at radius 1 is 1.08 bits per heavy atom. The number of benzene rings is 2. The molecule has 1 N–H and O–H groups in total. The molecule has 2 amide bonds. The second-order valence-electron chi connectivity index (χ2n) is 8.82. The van der Waals surface area contributed by atoms with E-state index in [1.54, 1.807) is 19.2 Å². The second-order valence-corrected chi connectivity index (χ2v) is 9.26. The molecule has 0 aliphatic carbocycles. The van der Waals surface area contributed by atoms with Crippen molar-refractivity contribution in [3.63, 3.8) is 0 Å². The molecule has 200 valence electrons. The summed E-state index contributed by atoms with van der Waals surface area (Å²) in [5.41, 5.74) is -0.664. The van der Waals surface area contributed by atoms with E-state index in [4.69, 9.17) is 21.1 Å². The summed E-state index contributed by atoms with van der Waals surface area (Å²) < 4.78 is 42.0.